The summed E-state index contributed by atoms with van der Waals surface area (Å²) < 4.78 is 84.0. The van der Waals surface area contributed by atoms with Gasteiger partial charge in [-0.25, -0.2) is 0 Å². The molecule has 2 aromatic carbocycles. The maximum atomic E-state index is 13.0. The molecule has 0 aliphatic heterocycles. The van der Waals surface area contributed by atoms with Crippen LogP contribution >= 0.6 is 0 Å². The summed E-state index contributed by atoms with van der Waals surface area (Å²) in [5, 5.41) is 0. The van der Waals surface area contributed by atoms with Crippen LogP contribution in [-0.2, 0) is 34.9 Å². The van der Waals surface area contributed by atoms with E-state index in [0.29, 0.717) is 18.6 Å². The zero-order valence-corrected chi connectivity index (χ0v) is 16.2. The number of benzene rings is 2. The van der Waals surface area contributed by atoms with Gasteiger partial charge in [-0.1, -0.05) is 18.2 Å². The van der Waals surface area contributed by atoms with E-state index in [0.717, 1.165) is 29.5 Å². The number of primary amides is 1. The number of halogens is 6. The Balaban J connectivity index is 1.82. The van der Waals surface area contributed by atoms with E-state index in [1.54, 1.807) is 18.2 Å². The van der Waals surface area contributed by atoms with Crippen molar-refractivity contribution in [2.45, 2.75) is 44.3 Å². The molecule has 2 aromatic rings. The van der Waals surface area contributed by atoms with Crippen molar-refractivity contribution in [2.75, 3.05) is 0 Å². The summed E-state index contributed by atoms with van der Waals surface area (Å²) in [6.45, 7) is -0.388. The van der Waals surface area contributed by atoms with Crippen LogP contribution in [0.25, 0.3) is 6.08 Å². The van der Waals surface area contributed by atoms with Crippen molar-refractivity contribution in [1.82, 2.24) is 0 Å². The molecule has 0 heterocycles. The maximum absolute atomic E-state index is 13.0. The Morgan fingerprint density at radius 2 is 1.68 bits per heavy atom. The Labute approximate surface area is 174 Å². The fourth-order valence-corrected chi connectivity index (χ4v) is 3.54. The van der Waals surface area contributed by atoms with Crippen LogP contribution in [0, 0.1) is 0 Å². The average molecular weight is 443 g/mol. The van der Waals surface area contributed by atoms with Crippen LogP contribution in [0.4, 0.5) is 26.3 Å². The summed E-state index contributed by atoms with van der Waals surface area (Å²) in [6.07, 6.45) is -5.38. The van der Waals surface area contributed by atoms with Gasteiger partial charge in [0.1, 0.15) is 0 Å². The van der Waals surface area contributed by atoms with E-state index in [9.17, 15) is 31.1 Å². The normalized spacial score (nSPS) is 17.0. The highest BCUT2D eigenvalue weighted by Crippen LogP contribution is 2.38. The summed E-state index contributed by atoms with van der Waals surface area (Å²) in [6, 6.07) is 6.84. The molecule has 1 aliphatic carbocycles. The van der Waals surface area contributed by atoms with Gasteiger partial charge in [-0.3, -0.25) is 4.79 Å². The molecule has 3 nitrogen and oxygen atoms in total. The van der Waals surface area contributed by atoms with E-state index >= 15 is 0 Å². The summed E-state index contributed by atoms with van der Waals surface area (Å²) in [4.78, 5) is 10.9. The van der Waals surface area contributed by atoms with Crippen molar-refractivity contribution in [3.05, 3.63) is 75.9 Å². The number of aryl methyl sites for hydroxylation is 1. The van der Waals surface area contributed by atoms with Gasteiger partial charge in [-0.05, 0) is 65.8 Å². The van der Waals surface area contributed by atoms with Crippen molar-refractivity contribution in [3.8, 4) is 0 Å². The molecule has 0 aromatic heterocycles. The van der Waals surface area contributed by atoms with E-state index in [4.69, 9.17) is 10.5 Å². The molecule has 1 atom stereocenters. The lowest BCUT2D eigenvalue weighted by Crippen LogP contribution is -2.15. The smallest absolute Gasteiger partial charge is 0.369 e. The van der Waals surface area contributed by atoms with Gasteiger partial charge in [0.2, 0.25) is 5.91 Å². The van der Waals surface area contributed by atoms with Gasteiger partial charge in [0.05, 0.1) is 23.8 Å². The van der Waals surface area contributed by atoms with Crippen molar-refractivity contribution in [2.24, 2.45) is 5.73 Å². The second-order valence-electron chi connectivity index (χ2n) is 7.30. The van der Waals surface area contributed by atoms with E-state index in [1.165, 1.54) is 6.08 Å². The lowest BCUT2D eigenvalue weighted by atomic mass is 9.88. The Morgan fingerprint density at radius 1 is 1.03 bits per heavy atom. The van der Waals surface area contributed by atoms with Crippen LogP contribution in [0.1, 0.15) is 52.3 Å². The summed E-state index contributed by atoms with van der Waals surface area (Å²) >= 11 is 0. The molecule has 0 bridgehead atoms. The van der Waals surface area contributed by atoms with Crippen LogP contribution < -0.4 is 5.73 Å². The van der Waals surface area contributed by atoms with Crippen LogP contribution in [0.3, 0.4) is 0 Å². The van der Waals surface area contributed by atoms with Gasteiger partial charge in [0, 0.05) is 6.08 Å². The van der Waals surface area contributed by atoms with Gasteiger partial charge in [-0.15, -0.1) is 0 Å². The van der Waals surface area contributed by atoms with Gasteiger partial charge in [-0.2, -0.15) is 26.3 Å². The molecule has 9 heteroatoms. The third kappa shape index (κ3) is 5.88. The quantitative estimate of drug-likeness (QED) is 0.468. The van der Waals surface area contributed by atoms with E-state index in [-0.39, 0.29) is 18.2 Å². The van der Waals surface area contributed by atoms with Crippen molar-refractivity contribution >= 4 is 12.0 Å². The molecule has 0 spiro atoms. The standard InChI is InChI=1S/C22H19F6NO2/c23-21(24,25)16-9-14(10-17(11-16)22(26,27)28)12-31-19-3-1-2-15-8-13(4-6-18(15)19)5-7-20(29)30/h4-11,19H,1-3,12H2,(H2,29,30)/b7-5+. The fourth-order valence-electron chi connectivity index (χ4n) is 3.54. The maximum Gasteiger partial charge on any atom is 0.416 e. The zero-order chi connectivity index (χ0) is 22.8. The number of rotatable bonds is 5. The van der Waals surface area contributed by atoms with Gasteiger partial charge in [0.15, 0.2) is 0 Å². The van der Waals surface area contributed by atoms with Crippen molar-refractivity contribution < 1.29 is 35.9 Å². The minimum Gasteiger partial charge on any atom is -0.369 e. The van der Waals surface area contributed by atoms with Gasteiger partial charge >= 0.3 is 12.4 Å². The summed E-state index contributed by atoms with van der Waals surface area (Å²) in [5.41, 5.74) is 4.68. The lowest BCUT2D eigenvalue weighted by molar-refractivity contribution is -0.143. The van der Waals surface area contributed by atoms with Crippen LogP contribution in [0.5, 0.6) is 0 Å². The minimum atomic E-state index is -4.90. The Morgan fingerprint density at radius 3 is 2.26 bits per heavy atom. The highest BCUT2D eigenvalue weighted by molar-refractivity contribution is 5.90. The number of fused-ring (bicyclic) bond motifs is 1. The molecule has 0 fully saturated rings. The lowest BCUT2D eigenvalue weighted by Gasteiger charge is -2.26. The summed E-state index contributed by atoms with van der Waals surface area (Å²) in [5.74, 6) is -0.585. The highest BCUT2D eigenvalue weighted by atomic mass is 19.4. The molecule has 166 valence electrons. The number of carbonyl (C=O) groups excluding carboxylic acids is 1. The number of carbonyl (C=O) groups is 1. The molecule has 3 rings (SSSR count). The molecule has 1 unspecified atom stereocenters. The van der Waals surface area contributed by atoms with E-state index in [2.05, 4.69) is 0 Å². The first-order chi connectivity index (χ1) is 14.4. The molecule has 31 heavy (non-hydrogen) atoms. The molecular formula is C22H19F6NO2. The van der Waals surface area contributed by atoms with Crippen LogP contribution in [-0.4, -0.2) is 5.91 Å². The van der Waals surface area contributed by atoms with Crippen LogP contribution in [0.15, 0.2) is 42.5 Å². The number of hydrogen-bond donors (Lipinski definition) is 1. The highest BCUT2D eigenvalue weighted by Gasteiger charge is 2.37. The third-order valence-electron chi connectivity index (χ3n) is 4.97. The molecule has 1 amide bonds. The largest absolute Gasteiger partial charge is 0.416 e. The number of ether oxygens (including phenoxy) is 1. The molecule has 1 aliphatic rings. The predicted octanol–water partition coefficient (Wildman–Crippen LogP) is 5.82. The molecule has 0 saturated heterocycles. The number of nitrogens with two attached hydrogens (primary N) is 1. The molecular weight excluding hydrogens is 424 g/mol. The number of amides is 1. The SMILES string of the molecule is NC(=O)/C=C/c1ccc2c(c1)CCCC2OCc1cc(C(F)(F)F)cc(C(F)(F)F)c1. The molecule has 2 N–H and O–H groups in total. The Hall–Kier alpha value is -2.81. The van der Waals surface area contributed by atoms with Crippen molar-refractivity contribution in [1.29, 1.82) is 0 Å². The zero-order valence-electron chi connectivity index (χ0n) is 16.2. The average Bonchev–Trinajstić information content (AvgIpc) is 2.69. The van der Waals surface area contributed by atoms with Gasteiger partial charge in [0.25, 0.3) is 0 Å². The second-order valence-corrected chi connectivity index (χ2v) is 7.30. The first kappa shape index (κ1) is 22.9. The Kier molecular flexibility index (Phi) is 6.45. The monoisotopic (exact) mass is 443 g/mol. The van der Waals surface area contributed by atoms with Crippen molar-refractivity contribution in [3.63, 3.8) is 0 Å². The predicted molar refractivity (Wildman–Crippen MR) is 102 cm³/mol. The first-order valence-electron chi connectivity index (χ1n) is 9.44. The minimum absolute atomic E-state index is 0.0978. The number of alkyl halides is 6. The van der Waals surface area contributed by atoms with Gasteiger partial charge < -0.3 is 10.5 Å². The molecule has 0 radical (unpaired) electrons. The molecule has 0 saturated carbocycles. The Bertz CT molecular complexity index is 962. The van der Waals surface area contributed by atoms with E-state index in [1.807, 2.05) is 6.07 Å². The van der Waals surface area contributed by atoms with E-state index < -0.39 is 35.5 Å². The fraction of sp³-hybridized carbons (Fsp3) is 0.318. The third-order valence-corrected chi connectivity index (χ3v) is 4.97. The van der Waals surface area contributed by atoms with Crippen LogP contribution in [0.2, 0.25) is 0 Å². The summed E-state index contributed by atoms with van der Waals surface area (Å²) in [7, 11) is 0. The first-order valence-corrected chi connectivity index (χ1v) is 9.44. The topological polar surface area (TPSA) is 52.3 Å². The second kappa shape index (κ2) is 8.74. The number of hydrogen-bond acceptors (Lipinski definition) is 2.